The summed E-state index contributed by atoms with van der Waals surface area (Å²) in [5.41, 5.74) is 2.83. The maximum atomic E-state index is 13.5. The molecule has 0 amide bonds. The van der Waals surface area contributed by atoms with E-state index >= 15 is 0 Å². The van der Waals surface area contributed by atoms with Gasteiger partial charge >= 0.3 is 0 Å². The van der Waals surface area contributed by atoms with E-state index in [9.17, 15) is 4.39 Å². The quantitative estimate of drug-likeness (QED) is 0.745. The van der Waals surface area contributed by atoms with E-state index < -0.39 is 0 Å². The van der Waals surface area contributed by atoms with Crippen molar-refractivity contribution in [2.75, 3.05) is 23.3 Å². The first-order valence-corrected chi connectivity index (χ1v) is 8.75. The Morgan fingerprint density at radius 3 is 2.48 bits per heavy atom. The SMILES string of the molecule is Cc1nc(Nc2ccc(N3CCCCC3)cc2)c2ccc(F)cc2n1. The van der Waals surface area contributed by atoms with E-state index in [1.165, 1.54) is 37.1 Å². The number of nitrogens with zero attached hydrogens (tertiary/aromatic N) is 3. The van der Waals surface area contributed by atoms with Gasteiger partial charge in [-0.2, -0.15) is 0 Å². The van der Waals surface area contributed by atoms with E-state index in [1.54, 1.807) is 6.07 Å². The topological polar surface area (TPSA) is 41.1 Å². The molecule has 0 spiro atoms. The summed E-state index contributed by atoms with van der Waals surface area (Å²) in [6.07, 6.45) is 3.86. The maximum Gasteiger partial charge on any atom is 0.142 e. The summed E-state index contributed by atoms with van der Waals surface area (Å²) >= 11 is 0. The lowest BCUT2D eigenvalue weighted by molar-refractivity contribution is 0.578. The van der Waals surface area contributed by atoms with E-state index in [0.29, 0.717) is 17.2 Å². The lowest BCUT2D eigenvalue weighted by Gasteiger charge is -2.28. The van der Waals surface area contributed by atoms with E-state index in [0.717, 1.165) is 24.2 Å². The van der Waals surface area contributed by atoms with Gasteiger partial charge in [-0.25, -0.2) is 14.4 Å². The average Bonchev–Trinajstić information content (AvgIpc) is 2.62. The third-order valence-electron chi connectivity index (χ3n) is 4.62. The van der Waals surface area contributed by atoms with Crippen molar-refractivity contribution >= 4 is 28.1 Å². The predicted molar refractivity (Wildman–Crippen MR) is 100 cm³/mol. The van der Waals surface area contributed by atoms with Crippen LogP contribution in [0.1, 0.15) is 25.1 Å². The van der Waals surface area contributed by atoms with Gasteiger partial charge in [-0.15, -0.1) is 0 Å². The fraction of sp³-hybridized carbons (Fsp3) is 0.300. The van der Waals surface area contributed by atoms with E-state index in [2.05, 4.69) is 44.5 Å². The molecule has 2 heterocycles. The number of anilines is 3. The highest BCUT2D eigenvalue weighted by Crippen LogP contribution is 2.27. The zero-order valence-corrected chi connectivity index (χ0v) is 14.3. The number of hydrogen-bond donors (Lipinski definition) is 1. The van der Waals surface area contributed by atoms with Crippen molar-refractivity contribution in [3.05, 3.63) is 54.1 Å². The molecule has 0 aliphatic carbocycles. The number of benzene rings is 2. The van der Waals surface area contributed by atoms with E-state index in [4.69, 9.17) is 0 Å². The highest BCUT2D eigenvalue weighted by Gasteiger charge is 2.11. The Labute approximate surface area is 146 Å². The standard InChI is InChI=1S/C20H21FN4/c1-14-22-19-13-15(21)5-10-18(19)20(23-14)24-16-6-8-17(9-7-16)25-11-3-2-4-12-25/h5-10,13H,2-4,11-12H2,1H3,(H,22,23,24). The van der Waals surface area contributed by atoms with Crippen molar-refractivity contribution in [2.24, 2.45) is 0 Å². The van der Waals surface area contributed by atoms with E-state index in [1.807, 2.05) is 6.92 Å². The Hall–Kier alpha value is -2.69. The molecule has 1 N–H and O–H groups in total. The molecule has 0 unspecified atom stereocenters. The number of piperidine rings is 1. The number of rotatable bonds is 3. The monoisotopic (exact) mass is 336 g/mol. The minimum atomic E-state index is -0.289. The minimum absolute atomic E-state index is 0.289. The maximum absolute atomic E-state index is 13.5. The first kappa shape index (κ1) is 15.8. The molecule has 0 radical (unpaired) electrons. The summed E-state index contributed by atoms with van der Waals surface area (Å²) in [5.74, 6) is 1.03. The Morgan fingerprint density at radius 1 is 0.960 bits per heavy atom. The van der Waals surface area contributed by atoms with Gasteiger partial charge in [-0.1, -0.05) is 0 Å². The van der Waals surface area contributed by atoms with Crippen LogP contribution in [0.2, 0.25) is 0 Å². The molecule has 1 aliphatic heterocycles. The number of halogens is 1. The van der Waals surface area contributed by atoms with Crippen molar-refractivity contribution < 1.29 is 4.39 Å². The van der Waals surface area contributed by atoms with Crippen molar-refractivity contribution in [3.8, 4) is 0 Å². The van der Waals surface area contributed by atoms with Gasteiger partial charge in [0.05, 0.1) is 5.52 Å². The largest absolute Gasteiger partial charge is 0.372 e. The first-order valence-electron chi connectivity index (χ1n) is 8.75. The average molecular weight is 336 g/mol. The predicted octanol–water partition coefficient (Wildman–Crippen LogP) is 4.81. The molecule has 0 saturated carbocycles. The highest BCUT2D eigenvalue weighted by molar-refractivity contribution is 5.90. The van der Waals surface area contributed by atoms with Crippen LogP contribution in [0, 0.1) is 12.7 Å². The second-order valence-corrected chi connectivity index (χ2v) is 6.50. The Bertz CT molecular complexity index is 881. The third-order valence-corrected chi connectivity index (χ3v) is 4.62. The zero-order chi connectivity index (χ0) is 17.2. The third kappa shape index (κ3) is 3.40. The summed E-state index contributed by atoms with van der Waals surface area (Å²) in [5, 5.41) is 4.16. The number of fused-ring (bicyclic) bond motifs is 1. The minimum Gasteiger partial charge on any atom is -0.372 e. The molecule has 1 fully saturated rings. The Balaban J connectivity index is 1.60. The van der Waals surface area contributed by atoms with Gasteiger partial charge in [-0.05, 0) is 62.6 Å². The Morgan fingerprint density at radius 2 is 1.72 bits per heavy atom. The molecule has 2 aromatic carbocycles. The molecule has 0 atom stereocenters. The van der Waals surface area contributed by atoms with Crippen LogP contribution < -0.4 is 10.2 Å². The molecule has 0 bridgehead atoms. The second kappa shape index (κ2) is 6.67. The summed E-state index contributed by atoms with van der Waals surface area (Å²) in [6.45, 7) is 4.08. The van der Waals surface area contributed by atoms with Gasteiger partial charge in [0.1, 0.15) is 17.5 Å². The van der Waals surface area contributed by atoms with E-state index in [-0.39, 0.29) is 5.82 Å². The first-order chi connectivity index (χ1) is 12.2. The van der Waals surface area contributed by atoms with Crippen LogP contribution in [0.4, 0.5) is 21.6 Å². The van der Waals surface area contributed by atoms with Crippen molar-refractivity contribution in [1.82, 2.24) is 9.97 Å². The van der Waals surface area contributed by atoms with Crippen LogP contribution >= 0.6 is 0 Å². The highest BCUT2D eigenvalue weighted by atomic mass is 19.1. The second-order valence-electron chi connectivity index (χ2n) is 6.50. The van der Waals surface area contributed by atoms with Crippen LogP contribution in [-0.4, -0.2) is 23.1 Å². The molecule has 4 nitrogen and oxygen atoms in total. The molecule has 3 aromatic rings. The summed E-state index contributed by atoms with van der Waals surface area (Å²) in [7, 11) is 0. The van der Waals surface area contributed by atoms with Gasteiger partial charge in [0.15, 0.2) is 0 Å². The van der Waals surface area contributed by atoms with Crippen LogP contribution in [-0.2, 0) is 0 Å². The lowest BCUT2D eigenvalue weighted by Crippen LogP contribution is -2.29. The van der Waals surface area contributed by atoms with Crippen LogP contribution in [0.15, 0.2) is 42.5 Å². The number of aromatic nitrogens is 2. The Kier molecular flexibility index (Phi) is 4.22. The molecule has 1 aromatic heterocycles. The zero-order valence-electron chi connectivity index (χ0n) is 14.3. The van der Waals surface area contributed by atoms with Crippen LogP contribution in [0.3, 0.4) is 0 Å². The van der Waals surface area contributed by atoms with Gasteiger partial charge in [0, 0.05) is 35.9 Å². The summed E-state index contributed by atoms with van der Waals surface area (Å²) in [4.78, 5) is 11.2. The lowest BCUT2D eigenvalue weighted by atomic mass is 10.1. The molecule has 128 valence electrons. The smallest absolute Gasteiger partial charge is 0.142 e. The number of nitrogens with one attached hydrogen (secondary N) is 1. The van der Waals surface area contributed by atoms with Crippen molar-refractivity contribution in [2.45, 2.75) is 26.2 Å². The molecular formula is C20H21FN4. The van der Waals surface area contributed by atoms with Gasteiger partial charge in [0.25, 0.3) is 0 Å². The fourth-order valence-electron chi connectivity index (χ4n) is 3.36. The van der Waals surface area contributed by atoms with Gasteiger partial charge in [0.2, 0.25) is 0 Å². The molecule has 25 heavy (non-hydrogen) atoms. The number of hydrogen-bond acceptors (Lipinski definition) is 4. The van der Waals surface area contributed by atoms with Crippen LogP contribution in [0.5, 0.6) is 0 Å². The molecular weight excluding hydrogens is 315 g/mol. The normalized spacial score (nSPS) is 14.7. The van der Waals surface area contributed by atoms with Crippen LogP contribution in [0.25, 0.3) is 10.9 Å². The van der Waals surface area contributed by atoms with Gasteiger partial charge in [-0.3, -0.25) is 0 Å². The summed E-state index contributed by atoms with van der Waals surface area (Å²) < 4.78 is 13.5. The summed E-state index contributed by atoms with van der Waals surface area (Å²) in [6, 6.07) is 13.0. The molecule has 1 saturated heterocycles. The fourth-order valence-corrected chi connectivity index (χ4v) is 3.36. The van der Waals surface area contributed by atoms with Crippen molar-refractivity contribution in [1.29, 1.82) is 0 Å². The van der Waals surface area contributed by atoms with Crippen molar-refractivity contribution in [3.63, 3.8) is 0 Å². The molecule has 1 aliphatic rings. The van der Waals surface area contributed by atoms with Gasteiger partial charge < -0.3 is 10.2 Å². The number of aryl methyl sites for hydroxylation is 1. The molecule has 4 rings (SSSR count). The molecule has 5 heteroatoms.